The Labute approximate surface area is 105 Å². The molecule has 0 aliphatic rings. The molecule has 0 aliphatic carbocycles. The Bertz CT molecular complexity index is 482. The van der Waals surface area contributed by atoms with Crippen LogP contribution in [0.4, 0.5) is 5.69 Å². The predicted molar refractivity (Wildman–Crippen MR) is 68.2 cm³/mol. The van der Waals surface area contributed by atoms with E-state index in [0.29, 0.717) is 11.6 Å². The van der Waals surface area contributed by atoms with Crippen molar-refractivity contribution in [1.29, 1.82) is 0 Å². The quantitative estimate of drug-likeness (QED) is 0.907. The third kappa shape index (κ3) is 2.62. The van der Waals surface area contributed by atoms with Crippen LogP contribution in [0.1, 0.15) is 11.3 Å². The lowest BCUT2D eigenvalue weighted by Gasteiger charge is -2.21. The van der Waals surface area contributed by atoms with Crippen LogP contribution in [0.2, 0.25) is 5.02 Å². The molecule has 1 aromatic carbocycles. The van der Waals surface area contributed by atoms with Gasteiger partial charge in [-0.05, 0) is 24.3 Å². The average Bonchev–Trinajstić information content (AvgIpc) is 2.81. The lowest BCUT2D eigenvalue weighted by atomic mass is 10.1. The lowest BCUT2D eigenvalue weighted by molar-refractivity contribution is 0.282. The van der Waals surface area contributed by atoms with E-state index in [0.717, 1.165) is 17.0 Å². The number of nitrogens with zero attached hydrogens (tertiary/aromatic N) is 1. The second-order valence-electron chi connectivity index (χ2n) is 3.83. The van der Waals surface area contributed by atoms with E-state index in [9.17, 15) is 5.11 Å². The highest BCUT2D eigenvalue weighted by molar-refractivity contribution is 6.31. The van der Waals surface area contributed by atoms with Gasteiger partial charge in [-0.25, -0.2) is 0 Å². The topological polar surface area (TPSA) is 36.6 Å². The summed E-state index contributed by atoms with van der Waals surface area (Å²) < 4.78 is 5.29. The number of rotatable bonds is 4. The van der Waals surface area contributed by atoms with Crippen LogP contribution in [-0.2, 0) is 13.2 Å². The molecule has 0 bridgehead atoms. The molecular weight excluding hydrogens is 238 g/mol. The van der Waals surface area contributed by atoms with Gasteiger partial charge < -0.3 is 14.4 Å². The summed E-state index contributed by atoms with van der Waals surface area (Å²) >= 11 is 6.05. The van der Waals surface area contributed by atoms with E-state index in [-0.39, 0.29) is 6.61 Å². The van der Waals surface area contributed by atoms with Crippen LogP contribution in [-0.4, -0.2) is 12.2 Å². The van der Waals surface area contributed by atoms with E-state index in [1.165, 1.54) is 0 Å². The Morgan fingerprint density at radius 2 is 2.12 bits per heavy atom. The highest BCUT2D eigenvalue weighted by Gasteiger charge is 2.11. The summed E-state index contributed by atoms with van der Waals surface area (Å²) in [5.74, 6) is 0.872. The van der Waals surface area contributed by atoms with Gasteiger partial charge in [0.2, 0.25) is 0 Å². The van der Waals surface area contributed by atoms with Crippen molar-refractivity contribution in [3.05, 3.63) is 52.9 Å². The Kier molecular flexibility index (Phi) is 3.71. The zero-order chi connectivity index (χ0) is 12.3. The molecule has 0 aliphatic heterocycles. The highest BCUT2D eigenvalue weighted by atomic mass is 35.5. The number of aliphatic hydroxyl groups is 1. The SMILES string of the molecule is CN(Cc1ccco1)c1cccc(Cl)c1CO. The normalized spacial score (nSPS) is 10.5. The largest absolute Gasteiger partial charge is 0.467 e. The molecule has 0 atom stereocenters. The number of aliphatic hydroxyl groups excluding tert-OH is 1. The number of halogens is 1. The maximum Gasteiger partial charge on any atom is 0.123 e. The van der Waals surface area contributed by atoms with E-state index in [1.807, 2.05) is 36.2 Å². The third-order valence-corrected chi connectivity index (χ3v) is 2.99. The summed E-state index contributed by atoms with van der Waals surface area (Å²) in [6, 6.07) is 9.35. The second kappa shape index (κ2) is 5.25. The zero-order valence-electron chi connectivity index (χ0n) is 9.56. The fraction of sp³-hybridized carbons (Fsp3) is 0.231. The molecule has 0 radical (unpaired) electrons. The van der Waals surface area contributed by atoms with E-state index < -0.39 is 0 Å². The molecule has 3 nitrogen and oxygen atoms in total. The maximum atomic E-state index is 9.34. The van der Waals surface area contributed by atoms with Gasteiger partial charge in [-0.15, -0.1) is 0 Å². The molecule has 1 heterocycles. The van der Waals surface area contributed by atoms with Gasteiger partial charge in [0.15, 0.2) is 0 Å². The fourth-order valence-electron chi connectivity index (χ4n) is 1.78. The molecule has 0 amide bonds. The molecule has 0 spiro atoms. The van der Waals surface area contributed by atoms with Crippen molar-refractivity contribution < 1.29 is 9.52 Å². The molecule has 1 aromatic heterocycles. The molecule has 17 heavy (non-hydrogen) atoms. The van der Waals surface area contributed by atoms with Gasteiger partial charge in [-0.2, -0.15) is 0 Å². The van der Waals surface area contributed by atoms with Crippen LogP contribution in [0.5, 0.6) is 0 Å². The summed E-state index contributed by atoms with van der Waals surface area (Å²) in [7, 11) is 1.94. The molecule has 90 valence electrons. The van der Waals surface area contributed by atoms with Gasteiger partial charge in [0.1, 0.15) is 5.76 Å². The molecule has 2 rings (SSSR count). The molecule has 0 unspecified atom stereocenters. The van der Waals surface area contributed by atoms with Gasteiger partial charge in [0.05, 0.1) is 19.4 Å². The van der Waals surface area contributed by atoms with Gasteiger partial charge in [-0.1, -0.05) is 17.7 Å². The minimum absolute atomic E-state index is 0.0719. The van der Waals surface area contributed by atoms with Crippen LogP contribution in [0.15, 0.2) is 41.0 Å². The Balaban J connectivity index is 2.24. The molecule has 2 aromatic rings. The number of anilines is 1. The van der Waals surface area contributed by atoms with Crippen molar-refractivity contribution in [1.82, 2.24) is 0 Å². The Morgan fingerprint density at radius 3 is 2.76 bits per heavy atom. The summed E-state index contributed by atoms with van der Waals surface area (Å²) in [5, 5.41) is 9.92. The molecule has 0 saturated carbocycles. The van der Waals surface area contributed by atoms with Gasteiger partial charge in [-0.3, -0.25) is 0 Å². The van der Waals surface area contributed by atoms with Gasteiger partial charge in [0.25, 0.3) is 0 Å². The minimum Gasteiger partial charge on any atom is -0.467 e. The molecular formula is C13H14ClNO2. The van der Waals surface area contributed by atoms with Crippen molar-refractivity contribution in [3.63, 3.8) is 0 Å². The Hall–Kier alpha value is -1.45. The summed E-state index contributed by atoms with van der Waals surface area (Å²) in [6.45, 7) is 0.567. The highest BCUT2D eigenvalue weighted by Crippen LogP contribution is 2.27. The van der Waals surface area contributed by atoms with E-state index in [2.05, 4.69) is 0 Å². The summed E-state index contributed by atoms with van der Waals surface area (Å²) in [4.78, 5) is 2.00. The minimum atomic E-state index is -0.0719. The van der Waals surface area contributed by atoms with Crippen LogP contribution in [0, 0.1) is 0 Å². The number of furan rings is 1. The fourth-order valence-corrected chi connectivity index (χ4v) is 2.01. The maximum absolute atomic E-state index is 9.34. The average molecular weight is 252 g/mol. The molecule has 0 fully saturated rings. The lowest BCUT2D eigenvalue weighted by Crippen LogP contribution is -2.17. The van der Waals surface area contributed by atoms with E-state index in [1.54, 1.807) is 12.3 Å². The first kappa shape index (κ1) is 12.0. The molecule has 4 heteroatoms. The summed E-state index contributed by atoms with van der Waals surface area (Å²) in [6.07, 6.45) is 1.65. The van der Waals surface area contributed by atoms with Crippen LogP contribution in [0.3, 0.4) is 0 Å². The van der Waals surface area contributed by atoms with Crippen molar-refractivity contribution in [2.24, 2.45) is 0 Å². The van der Waals surface area contributed by atoms with Crippen LogP contribution in [0.25, 0.3) is 0 Å². The predicted octanol–water partition coefficient (Wildman–Crippen LogP) is 3.06. The van der Waals surface area contributed by atoms with Crippen LogP contribution >= 0.6 is 11.6 Å². The van der Waals surface area contributed by atoms with E-state index in [4.69, 9.17) is 16.0 Å². The monoisotopic (exact) mass is 251 g/mol. The van der Waals surface area contributed by atoms with E-state index >= 15 is 0 Å². The number of hydrogen-bond donors (Lipinski definition) is 1. The van der Waals surface area contributed by atoms with Crippen molar-refractivity contribution in [2.45, 2.75) is 13.2 Å². The van der Waals surface area contributed by atoms with Crippen molar-refractivity contribution in [2.75, 3.05) is 11.9 Å². The Morgan fingerprint density at radius 1 is 1.29 bits per heavy atom. The van der Waals surface area contributed by atoms with Crippen molar-refractivity contribution >= 4 is 17.3 Å². The standard InChI is InChI=1S/C13H14ClNO2/c1-15(8-10-4-3-7-17-10)13-6-2-5-12(14)11(13)9-16/h2-7,16H,8-9H2,1H3. The summed E-state index contributed by atoms with van der Waals surface area (Å²) in [5.41, 5.74) is 1.65. The van der Waals surface area contributed by atoms with Crippen LogP contribution < -0.4 is 4.90 Å². The smallest absolute Gasteiger partial charge is 0.123 e. The first-order chi connectivity index (χ1) is 8.22. The number of hydrogen-bond acceptors (Lipinski definition) is 3. The molecule has 1 N–H and O–H groups in total. The zero-order valence-corrected chi connectivity index (χ0v) is 10.3. The molecule has 0 saturated heterocycles. The first-order valence-corrected chi connectivity index (χ1v) is 5.72. The second-order valence-corrected chi connectivity index (χ2v) is 4.24. The number of benzene rings is 1. The van der Waals surface area contributed by atoms with Crippen molar-refractivity contribution in [3.8, 4) is 0 Å². The first-order valence-electron chi connectivity index (χ1n) is 5.34. The van der Waals surface area contributed by atoms with Gasteiger partial charge >= 0.3 is 0 Å². The third-order valence-electron chi connectivity index (χ3n) is 2.64. The van der Waals surface area contributed by atoms with Gasteiger partial charge in [0, 0.05) is 23.3 Å².